The van der Waals surface area contributed by atoms with E-state index in [1.807, 2.05) is 35.0 Å². The Balaban J connectivity index is 0.000000605. The fourth-order valence-corrected chi connectivity index (χ4v) is 1.17. The highest BCUT2D eigenvalue weighted by Gasteiger charge is 2.05. The highest BCUT2D eigenvalue weighted by atomic mass is 35.5. The predicted molar refractivity (Wildman–Crippen MR) is 48.5 cm³/mol. The van der Waals surface area contributed by atoms with Crippen LogP contribution in [0.4, 0.5) is 0 Å². The number of allylic oxidation sites excluding steroid dienone is 1. The molecule has 0 atom stereocenters. The van der Waals surface area contributed by atoms with E-state index in [9.17, 15) is 0 Å². The van der Waals surface area contributed by atoms with Crippen molar-refractivity contribution in [2.75, 3.05) is 0 Å². The molecule has 0 amide bonds. The van der Waals surface area contributed by atoms with Crippen molar-refractivity contribution in [3.05, 3.63) is 30.1 Å². The van der Waals surface area contributed by atoms with E-state index in [4.69, 9.17) is 5.41 Å². The molecule has 0 unspecified atom stereocenters. The standard InChI is InChI=1S/C8H8N2.ClH/c9-8-5-1-3-7-4-2-6-10(7)8;/h1-4,6,9H,5H2;1H. The zero-order valence-corrected chi connectivity index (χ0v) is 6.77. The van der Waals surface area contributed by atoms with Crippen LogP contribution in [0.1, 0.15) is 12.1 Å². The van der Waals surface area contributed by atoms with Gasteiger partial charge in [0.25, 0.3) is 0 Å². The quantitative estimate of drug-likeness (QED) is 0.615. The molecule has 0 fully saturated rings. The molecule has 1 aromatic heterocycles. The second-order valence-electron chi connectivity index (χ2n) is 2.36. The molecular formula is C8H9ClN2. The van der Waals surface area contributed by atoms with E-state index < -0.39 is 0 Å². The molecule has 1 aromatic rings. The highest BCUT2D eigenvalue weighted by molar-refractivity contribution is 5.88. The van der Waals surface area contributed by atoms with Crippen LogP contribution in [0.15, 0.2) is 24.4 Å². The lowest BCUT2D eigenvalue weighted by molar-refractivity contribution is 1.05. The molecule has 1 aliphatic rings. The lowest BCUT2D eigenvalue weighted by atomic mass is 10.2. The van der Waals surface area contributed by atoms with Gasteiger partial charge in [0.2, 0.25) is 0 Å². The van der Waals surface area contributed by atoms with E-state index >= 15 is 0 Å². The average molecular weight is 169 g/mol. The molecule has 2 nitrogen and oxygen atoms in total. The Bertz CT molecular complexity index is 299. The third-order valence-electron chi connectivity index (χ3n) is 1.67. The molecule has 58 valence electrons. The molecule has 3 heteroatoms. The summed E-state index contributed by atoms with van der Waals surface area (Å²) >= 11 is 0. The van der Waals surface area contributed by atoms with Gasteiger partial charge in [-0.1, -0.05) is 6.08 Å². The SMILES string of the molecule is Cl.N=C1CC=Cc2cccn21. The van der Waals surface area contributed by atoms with Gasteiger partial charge in [0.05, 0.1) is 0 Å². The molecule has 0 saturated heterocycles. The molecule has 0 spiro atoms. The summed E-state index contributed by atoms with van der Waals surface area (Å²) in [5.41, 5.74) is 1.11. The minimum absolute atomic E-state index is 0. The van der Waals surface area contributed by atoms with Crippen LogP contribution in [0.25, 0.3) is 6.08 Å². The van der Waals surface area contributed by atoms with Crippen LogP contribution in [0.5, 0.6) is 0 Å². The van der Waals surface area contributed by atoms with Crippen molar-refractivity contribution < 1.29 is 0 Å². The number of hydrogen-bond acceptors (Lipinski definition) is 1. The number of fused-ring (bicyclic) bond motifs is 1. The van der Waals surface area contributed by atoms with Gasteiger partial charge in [-0.05, 0) is 18.2 Å². The third kappa shape index (κ3) is 1.21. The van der Waals surface area contributed by atoms with Crippen molar-refractivity contribution in [1.82, 2.24) is 4.57 Å². The van der Waals surface area contributed by atoms with Crippen LogP contribution in [-0.2, 0) is 0 Å². The van der Waals surface area contributed by atoms with Gasteiger partial charge in [0.15, 0.2) is 0 Å². The Labute approximate surface area is 71.5 Å². The van der Waals surface area contributed by atoms with Gasteiger partial charge in [0.1, 0.15) is 5.84 Å². The van der Waals surface area contributed by atoms with Gasteiger partial charge in [-0.15, -0.1) is 12.4 Å². The van der Waals surface area contributed by atoms with Crippen molar-refractivity contribution in [3.8, 4) is 0 Å². The Kier molecular flexibility index (Phi) is 2.15. The number of halogens is 1. The van der Waals surface area contributed by atoms with E-state index in [0.29, 0.717) is 5.84 Å². The lowest BCUT2D eigenvalue weighted by Gasteiger charge is -2.09. The molecular weight excluding hydrogens is 160 g/mol. The minimum Gasteiger partial charge on any atom is -0.306 e. The van der Waals surface area contributed by atoms with Crippen molar-refractivity contribution in [2.45, 2.75) is 6.42 Å². The van der Waals surface area contributed by atoms with E-state index in [1.54, 1.807) is 0 Å². The van der Waals surface area contributed by atoms with Crippen LogP contribution in [0.2, 0.25) is 0 Å². The first-order valence-electron chi connectivity index (χ1n) is 3.29. The molecule has 0 aliphatic carbocycles. The number of rotatable bonds is 0. The van der Waals surface area contributed by atoms with Gasteiger partial charge in [-0.3, -0.25) is 5.41 Å². The van der Waals surface area contributed by atoms with Crippen LogP contribution >= 0.6 is 12.4 Å². The van der Waals surface area contributed by atoms with Crippen LogP contribution in [-0.4, -0.2) is 10.4 Å². The Morgan fingerprint density at radius 2 is 2.27 bits per heavy atom. The zero-order chi connectivity index (χ0) is 6.97. The van der Waals surface area contributed by atoms with E-state index in [1.165, 1.54) is 0 Å². The molecule has 11 heavy (non-hydrogen) atoms. The minimum atomic E-state index is 0. The molecule has 0 radical (unpaired) electrons. The summed E-state index contributed by atoms with van der Waals surface area (Å²) in [7, 11) is 0. The summed E-state index contributed by atoms with van der Waals surface area (Å²) in [5, 5.41) is 7.50. The van der Waals surface area contributed by atoms with E-state index in [-0.39, 0.29) is 12.4 Å². The topological polar surface area (TPSA) is 28.8 Å². The average Bonchev–Trinajstić information content (AvgIpc) is 2.36. The number of nitrogens with one attached hydrogen (secondary N) is 1. The second kappa shape index (κ2) is 2.93. The summed E-state index contributed by atoms with van der Waals surface area (Å²) in [6.07, 6.45) is 6.72. The number of hydrogen-bond donors (Lipinski definition) is 1. The maximum Gasteiger partial charge on any atom is 0.108 e. The van der Waals surface area contributed by atoms with Crippen molar-refractivity contribution >= 4 is 24.3 Å². The first-order chi connectivity index (χ1) is 4.88. The summed E-state index contributed by atoms with van der Waals surface area (Å²) in [4.78, 5) is 0. The number of aromatic nitrogens is 1. The predicted octanol–water partition coefficient (Wildman–Crippen LogP) is 2.15. The molecule has 1 N–H and O–H groups in total. The highest BCUT2D eigenvalue weighted by Crippen LogP contribution is 2.11. The molecule has 1 aliphatic heterocycles. The molecule has 0 saturated carbocycles. The summed E-state index contributed by atoms with van der Waals surface area (Å²) in [5.74, 6) is 0.655. The maximum absolute atomic E-state index is 7.50. The zero-order valence-electron chi connectivity index (χ0n) is 5.95. The van der Waals surface area contributed by atoms with Crippen molar-refractivity contribution in [2.24, 2.45) is 0 Å². The largest absolute Gasteiger partial charge is 0.306 e. The van der Waals surface area contributed by atoms with Gasteiger partial charge in [0, 0.05) is 18.3 Å². The van der Waals surface area contributed by atoms with Crippen LogP contribution in [0.3, 0.4) is 0 Å². The normalized spacial score (nSPS) is 14.0. The summed E-state index contributed by atoms with van der Waals surface area (Å²) in [6.45, 7) is 0. The summed E-state index contributed by atoms with van der Waals surface area (Å²) in [6, 6.07) is 3.96. The number of nitrogens with zero attached hydrogens (tertiary/aromatic N) is 1. The first-order valence-corrected chi connectivity index (χ1v) is 3.29. The molecule has 2 rings (SSSR count). The molecule has 0 aromatic carbocycles. The fraction of sp³-hybridized carbons (Fsp3) is 0.125. The van der Waals surface area contributed by atoms with Gasteiger partial charge in [-0.2, -0.15) is 0 Å². The van der Waals surface area contributed by atoms with Crippen molar-refractivity contribution in [3.63, 3.8) is 0 Å². The smallest absolute Gasteiger partial charge is 0.108 e. The second-order valence-corrected chi connectivity index (χ2v) is 2.36. The maximum atomic E-state index is 7.50. The lowest BCUT2D eigenvalue weighted by Crippen LogP contribution is -2.12. The molecule has 2 heterocycles. The van der Waals surface area contributed by atoms with Crippen LogP contribution < -0.4 is 0 Å². The van der Waals surface area contributed by atoms with E-state index in [2.05, 4.69) is 0 Å². The van der Waals surface area contributed by atoms with Crippen molar-refractivity contribution in [1.29, 1.82) is 5.41 Å². The monoisotopic (exact) mass is 168 g/mol. The first kappa shape index (κ1) is 8.08. The fourth-order valence-electron chi connectivity index (χ4n) is 1.17. The van der Waals surface area contributed by atoms with Gasteiger partial charge in [-0.25, -0.2) is 0 Å². The Hall–Kier alpha value is -1.02. The van der Waals surface area contributed by atoms with Gasteiger partial charge < -0.3 is 4.57 Å². The van der Waals surface area contributed by atoms with E-state index in [0.717, 1.165) is 12.1 Å². The molecule has 0 bridgehead atoms. The van der Waals surface area contributed by atoms with Gasteiger partial charge >= 0.3 is 0 Å². The summed E-state index contributed by atoms with van der Waals surface area (Å²) < 4.78 is 1.89. The van der Waals surface area contributed by atoms with Crippen LogP contribution in [0, 0.1) is 5.41 Å². The Morgan fingerprint density at radius 1 is 1.45 bits per heavy atom. The Morgan fingerprint density at radius 3 is 3.00 bits per heavy atom. The third-order valence-corrected chi connectivity index (χ3v) is 1.67.